The molecule has 0 saturated heterocycles. The summed E-state index contributed by atoms with van der Waals surface area (Å²) in [6.45, 7) is 1.36. The number of nitrogens with one attached hydrogen (secondary N) is 2. The van der Waals surface area contributed by atoms with E-state index in [1.54, 1.807) is 0 Å². The van der Waals surface area contributed by atoms with Gasteiger partial charge in [0.1, 0.15) is 12.1 Å². The van der Waals surface area contributed by atoms with Gasteiger partial charge in [0, 0.05) is 19.3 Å². The second kappa shape index (κ2) is 11.6. The quantitative estimate of drug-likeness (QED) is 0.497. The van der Waals surface area contributed by atoms with Gasteiger partial charge in [-0.25, -0.2) is 4.79 Å². The molecule has 3 aromatic carbocycles. The van der Waals surface area contributed by atoms with Crippen LogP contribution in [0.1, 0.15) is 29.5 Å². The number of amides is 2. The van der Waals surface area contributed by atoms with E-state index in [2.05, 4.69) is 10.6 Å². The van der Waals surface area contributed by atoms with Gasteiger partial charge in [0.2, 0.25) is 11.8 Å². The standard InChI is InChI=1S/C27H28N2O4/c1-19(30)28-23(18-20-12-6-3-7-13-20)26(31)29-25(27(32)33-2)24(21-14-8-4-9-15-21)22-16-10-5-11-17-22/h3-17,23-25H,18H2,1-2H3,(H,28,30)(H,29,31)/t23-,25-/m0/s1. The van der Waals surface area contributed by atoms with E-state index in [4.69, 9.17) is 4.74 Å². The van der Waals surface area contributed by atoms with Crippen LogP contribution in [0.15, 0.2) is 91.0 Å². The number of carbonyl (C=O) groups excluding carboxylic acids is 3. The molecule has 0 aliphatic carbocycles. The highest BCUT2D eigenvalue weighted by Gasteiger charge is 2.35. The van der Waals surface area contributed by atoms with Gasteiger partial charge in [-0.2, -0.15) is 0 Å². The van der Waals surface area contributed by atoms with E-state index in [1.807, 2.05) is 91.0 Å². The van der Waals surface area contributed by atoms with Crippen molar-refractivity contribution in [2.24, 2.45) is 0 Å². The predicted octanol–water partition coefficient (Wildman–Crippen LogP) is 3.22. The highest BCUT2D eigenvalue weighted by atomic mass is 16.5. The van der Waals surface area contributed by atoms with Gasteiger partial charge in [0.15, 0.2) is 0 Å². The van der Waals surface area contributed by atoms with Gasteiger partial charge < -0.3 is 15.4 Å². The molecule has 33 heavy (non-hydrogen) atoms. The molecule has 0 saturated carbocycles. The molecular formula is C27H28N2O4. The lowest BCUT2D eigenvalue weighted by atomic mass is 9.84. The summed E-state index contributed by atoms with van der Waals surface area (Å²) in [4.78, 5) is 38.1. The summed E-state index contributed by atoms with van der Waals surface area (Å²) in [6, 6.07) is 26.5. The van der Waals surface area contributed by atoms with Gasteiger partial charge in [-0.15, -0.1) is 0 Å². The fourth-order valence-electron chi connectivity index (χ4n) is 3.86. The molecule has 0 bridgehead atoms. The van der Waals surface area contributed by atoms with Crippen molar-refractivity contribution in [2.75, 3.05) is 7.11 Å². The fraction of sp³-hybridized carbons (Fsp3) is 0.222. The first-order valence-electron chi connectivity index (χ1n) is 10.8. The Morgan fingerprint density at radius 1 is 0.758 bits per heavy atom. The number of hydrogen-bond donors (Lipinski definition) is 2. The zero-order valence-electron chi connectivity index (χ0n) is 18.7. The minimum atomic E-state index is -0.987. The molecule has 170 valence electrons. The van der Waals surface area contributed by atoms with Crippen molar-refractivity contribution in [1.82, 2.24) is 10.6 Å². The van der Waals surface area contributed by atoms with Crippen LogP contribution < -0.4 is 10.6 Å². The monoisotopic (exact) mass is 444 g/mol. The molecule has 0 aliphatic rings. The molecule has 0 unspecified atom stereocenters. The van der Waals surface area contributed by atoms with Crippen LogP contribution in [0.3, 0.4) is 0 Å². The Labute approximate surface area is 194 Å². The van der Waals surface area contributed by atoms with Crippen molar-refractivity contribution < 1.29 is 19.1 Å². The smallest absolute Gasteiger partial charge is 0.329 e. The highest BCUT2D eigenvalue weighted by Crippen LogP contribution is 2.29. The van der Waals surface area contributed by atoms with Crippen LogP contribution in [-0.2, 0) is 25.5 Å². The average Bonchev–Trinajstić information content (AvgIpc) is 2.84. The summed E-state index contributed by atoms with van der Waals surface area (Å²) < 4.78 is 5.08. The van der Waals surface area contributed by atoms with Gasteiger partial charge in [0.25, 0.3) is 0 Å². The van der Waals surface area contributed by atoms with Crippen LogP contribution >= 0.6 is 0 Å². The second-order valence-corrected chi connectivity index (χ2v) is 7.75. The Kier molecular flexibility index (Phi) is 8.36. The number of methoxy groups -OCH3 is 1. The first-order chi connectivity index (χ1) is 16.0. The van der Waals surface area contributed by atoms with Crippen LogP contribution in [0.2, 0.25) is 0 Å². The molecular weight excluding hydrogens is 416 g/mol. The van der Waals surface area contributed by atoms with Crippen LogP contribution in [-0.4, -0.2) is 37.0 Å². The first-order valence-corrected chi connectivity index (χ1v) is 10.8. The van der Waals surface area contributed by atoms with Crippen molar-refractivity contribution >= 4 is 17.8 Å². The summed E-state index contributed by atoms with van der Waals surface area (Å²) in [6.07, 6.45) is 0.293. The Morgan fingerprint density at radius 2 is 1.24 bits per heavy atom. The third kappa shape index (κ3) is 6.53. The molecule has 0 aromatic heterocycles. The van der Waals surface area contributed by atoms with E-state index in [0.717, 1.165) is 16.7 Å². The van der Waals surface area contributed by atoms with E-state index in [-0.39, 0.29) is 5.91 Å². The lowest BCUT2D eigenvalue weighted by Gasteiger charge is -2.29. The summed E-state index contributed by atoms with van der Waals surface area (Å²) in [5.74, 6) is -1.83. The molecule has 0 aliphatic heterocycles. The van der Waals surface area contributed by atoms with Gasteiger partial charge in [0.05, 0.1) is 7.11 Å². The van der Waals surface area contributed by atoms with E-state index in [0.29, 0.717) is 6.42 Å². The number of rotatable bonds is 9. The lowest BCUT2D eigenvalue weighted by molar-refractivity contribution is -0.145. The number of carbonyl (C=O) groups is 3. The Hall–Kier alpha value is -3.93. The molecule has 0 heterocycles. The summed E-state index contributed by atoms with van der Waals surface area (Å²) >= 11 is 0. The molecule has 6 heteroatoms. The molecule has 2 atom stereocenters. The van der Waals surface area contributed by atoms with E-state index >= 15 is 0 Å². The zero-order chi connectivity index (χ0) is 23.6. The van der Waals surface area contributed by atoms with E-state index < -0.39 is 29.9 Å². The minimum Gasteiger partial charge on any atom is -0.467 e. The summed E-state index contributed by atoms with van der Waals surface area (Å²) in [5.41, 5.74) is 2.61. The molecule has 0 spiro atoms. The molecule has 2 amide bonds. The SMILES string of the molecule is COC(=O)[C@@H](NC(=O)[C@H](Cc1ccccc1)NC(C)=O)C(c1ccccc1)c1ccccc1. The molecule has 3 rings (SSSR count). The number of benzene rings is 3. The van der Waals surface area contributed by atoms with Gasteiger partial charge in [-0.05, 0) is 16.7 Å². The topological polar surface area (TPSA) is 84.5 Å². The second-order valence-electron chi connectivity index (χ2n) is 7.75. The number of ether oxygens (including phenoxy) is 1. The number of esters is 1. The molecule has 2 N–H and O–H groups in total. The fourth-order valence-corrected chi connectivity index (χ4v) is 3.86. The first kappa shape index (κ1) is 23.7. The molecule has 6 nitrogen and oxygen atoms in total. The molecule has 0 radical (unpaired) electrons. The zero-order valence-corrected chi connectivity index (χ0v) is 18.7. The van der Waals surface area contributed by atoms with Crippen molar-refractivity contribution in [1.29, 1.82) is 0 Å². The predicted molar refractivity (Wildman–Crippen MR) is 126 cm³/mol. The van der Waals surface area contributed by atoms with Crippen LogP contribution in [0.5, 0.6) is 0 Å². The third-order valence-corrected chi connectivity index (χ3v) is 5.38. The van der Waals surface area contributed by atoms with Gasteiger partial charge in [-0.3, -0.25) is 9.59 Å². The van der Waals surface area contributed by atoms with E-state index in [1.165, 1.54) is 14.0 Å². The van der Waals surface area contributed by atoms with Crippen molar-refractivity contribution in [3.63, 3.8) is 0 Å². The molecule has 0 fully saturated rings. The van der Waals surface area contributed by atoms with E-state index in [9.17, 15) is 14.4 Å². The average molecular weight is 445 g/mol. The Morgan fingerprint density at radius 3 is 1.70 bits per heavy atom. The largest absolute Gasteiger partial charge is 0.467 e. The van der Waals surface area contributed by atoms with Crippen molar-refractivity contribution in [2.45, 2.75) is 31.3 Å². The highest BCUT2D eigenvalue weighted by molar-refractivity contribution is 5.91. The maximum absolute atomic E-state index is 13.3. The van der Waals surface area contributed by atoms with Gasteiger partial charge >= 0.3 is 5.97 Å². The van der Waals surface area contributed by atoms with Crippen LogP contribution in [0, 0.1) is 0 Å². The Bertz CT molecular complexity index is 1020. The number of hydrogen-bond acceptors (Lipinski definition) is 4. The normalized spacial score (nSPS) is 12.5. The van der Waals surface area contributed by atoms with Crippen LogP contribution in [0.25, 0.3) is 0 Å². The lowest BCUT2D eigenvalue weighted by Crippen LogP contribution is -2.54. The van der Waals surface area contributed by atoms with Crippen LogP contribution in [0.4, 0.5) is 0 Å². The maximum Gasteiger partial charge on any atom is 0.329 e. The third-order valence-electron chi connectivity index (χ3n) is 5.38. The van der Waals surface area contributed by atoms with Crippen molar-refractivity contribution in [3.8, 4) is 0 Å². The van der Waals surface area contributed by atoms with Gasteiger partial charge in [-0.1, -0.05) is 91.0 Å². The minimum absolute atomic E-state index is 0.293. The molecule has 3 aromatic rings. The summed E-state index contributed by atoms with van der Waals surface area (Å²) in [7, 11) is 1.30. The maximum atomic E-state index is 13.3. The summed E-state index contributed by atoms with van der Waals surface area (Å²) in [5, 5.41) is 5.57. The van der Waals surface area contributed by atoms with Crippen molar-refractivity contribution in [3.05, 3.63) is 108 Å². The Balaban J connectivity index is 1.95.